The third-order valence-electron chi connectivity index (χ3n) is 3.38. The molecule has 1 fully saturated rings. The van der Waals surface area contributed by atoms with Gasteiger partial charge in [0.2, 0.25) is 0 Å². The van der Waals surface area contributed by atoms with E-state index in [2.05, 4.69) is 17.7 Å². The van der Waals surface area contributed by atoms with Crippen molar-refractivity contribution in [3.05, 3.63) is 33.9 Å². The van der Waals surface area contributed by atoms with E-state index < -0.39 is 4.92 Å². The van der Waals surface area contributed by atoms with Gasteiger partial charge in [-0.2, -0.15) is 0 Å². The van der Waals surface area contributed by atoms with Crippen LogP contribution in [0.3, 0.4) is 0 Å². The normalized spacial score (nSPS) is 20.7. The molecule has 19 heavy (non-hydrogen) atoms. The van der Waals surface area contributed by atoms with Gasteiger partial charge in [-0.3, -0.25) is 20.8 Å². The van der Waals surface area contributed by atoms with Crippen LogP contribution >= 0.6 is 0 Å². The lowest BCUT2D eigenvalue weighted by molar-refractivity contribution is -0.384. The van der Waals surface area contributed by atoms with Crippen LogP contribution < -0.4 is 16.6 Å². The lowest BCUT2D eigenvalue weighted by Gasteiger charge is -2.06. The molecule has 0 spiro atoms. The molecule has 7 heteroatoms. The van der Waals surface area contributed by atoms with Crippen LogP contribution in [0.5, 0.6) is 0 Å². The molecular weight excluding hydrogens is 248 g/mol. The topological polar surface area (TPSA) is 110 Å². The molecule has 1 saturated carbocycles. The molecule has 2 rings (SSSR count). The number of benzene rings is 1. The predicted octanol–water partition coefficient (Wildman–Crippen LogP) is 1.41. The van der Waals surface area contributed by atoms with Gasteiger partial charge in [-0.25, -0.2) is 0 Å². The maximum absolute atomic E-state index is 11.9. The number of hydrogen-bond acceptors (Lipinski definition) is 5. The van der Waals surface area contributed by atoms with Gasteiger partial charge < -0.3 is 10.7 Å². The van der Waals surface area contributed by atoms with Crippen molar-refractivity contribution in [3.8, 4) is 0 Å². The number of carbonyl (C=O) groups is 1. The first-order valence-corrected chi connectivity index (χ1v) is 6.12. The van der Waals surface area contributed by atoms with Crippen molar-refractivity contribution < 1.29 is 9.72 Å². The first-order chi connectivity index (χ1) is 9.06. The molecule has 2 unspecified atom stereocenters. The summed E-state index contributed by atoms with van der Waals surface area (Å²) in [5.41, 5.74) is 2.48. The second kappa shape index (κ2) is 5.23. The Morgan fingerprint density at radius 2 is 2.32 bits per heavy atom. The minimum Gasteiger partial charge on any atom is -0.349 e. The molecule has 1 aliphatic rings. The summed E-state index contributed by atoms with van der Waals surface area (Å²) in [5, 5.41) is 13.7. The molecule has 0 aromatic heterocycles. The zero-order valence-electron chi connectivity index (χ0n) is 10.6. The summed E-state index contributed by atoms with van der Waals surface area (Å²) in [7, 11) is 0. The Labute approximate surface area is 110 Å². The van der Waals surface area contributed by atoms with E-state index in [1.165, 1.54) is 18.2 Å². The van der Waals surface area contributed by atoms with Gasteiger partial charge in [-0.05, 0) is 24.5 Å². The van der Waals surface area contributed by atoms with Crippen LogP contribution in [0.2, 0.25) is 0 Å². The van der Waals surface area contributed by atoms with E-state index in [0.29, 0.717) is 5.92 Å². The monoisotopic (exact) mass is 264 g/mol. The molecule has 1 aromatic rings. The molecular formula is C12H16N4O3. The molecule has 1 aromatic carbocycles. The maximum atomic E-state index is 11.9. The molecule has 0 radical (unpaired) electrons. The second-order valence-electron chi connectivity index (χ2n) is 4.62. The number of nitrogen functional groups attached to an aromatic ring is 1. The highest BCUT2D eigenvalue weighted by atomic mass is 16.6. The van der Waals surface area contributed by atoms with Crippen molar-refractivity contribution in [1.29, 1.82) is 0 Å². The fourth-order valence-corrected chi connectivity index (χ4v) is 2.07. The standard InChI is InChI=1S/C12H16N4O3/c1-2-7-5-10(7)14-12(17)8-3-4-9(15-13)11(6-8)16(18)19/h3-4,6-7,10,15H,2,5,13H2,1H3,(H,14,17). The van der Waals surface area contributed by atoms with Crippen LogP contribution in [0.4, 0.5) is 11.4 Å². The predicted molar refractivity (Wildman–Crippen MR) is 70.6 cm³/mol. The lowest BCUT2D eigenvalue weighted by Crippen LogP contribution is -2.26. The van der Waals surface area contributed by atoms with Gasteiger partial charge in [0, 0.05) is 17.7 Å². The Morgan fingerprint density at radius 1 is 1.58 bits per heavy atom. The Balaban J connectivity index is 2.14. The zero-order valence-corrected chi connectivity index (χ0v) is 10.6. The Hall–Kier alpha value is -2.15. The number of nitrogens with one attached hydrogen (secondary N) is 2. The van der Waals surface area contributed by atoms with E-state index >= 15 is 0 Å². The van der Waals surface area contributed by atoms with Crippen molar-refractivity contribution in [1.82, 2.24) is 5.32 Å². The van der Waals surface area contributed by atoms with Gasteiger partial charge in [-0.1, -0.05) is 13.3 Å². The van der Waals surface area contributed by atoms with Crippen LogP contribution in [0, 0.1) is 16.0 Å². The molecule has 1 aliphatic carbocycles. The first kappa shape index (κ1) is 13.3. The minimum absolute atomic E-state index is 0.180. The molecule has 7 nitrogen and oxygen atoms in total. The van der Waals surface area contributed by atoms with E-state index in [4.69, 9.17) is 5.84 Å². The van der Waals surface area contributed by atoms with E-state index in [1.54, 1.807) is 0 Å². The van der Waals surface area contributed by atoms with Crippen molar-refractivity contribution in [2.45, 2.75) is 25.8 Å². The average molecular weight is 264 g/mol. The Kier molecular flexibility index (Phi) is 3.66. The number of nitro benzene ring substituents is 1. The summed E-state index contributed by atoms with van der Waals surface area (Å²) in [5.74, 6) is 5.43. The fourth-order valence-electron chi connectivity index (χ4n) is 2.07. The van der Waals surface area contributed by atoms with Crippen LogP contribution in [0.15, 0.2) is 18.2 Å². The van der Waals surface area contributed by atoms with Gasteiger partial charge >= 0.3 is 0 Å². The number of carbonyl (C=O) groups excluding carboxylic acids is 1. The molecule has 1 amide bonds. The van der Waals surface area contributed by atoms with Crippen molar-refractivity contribution in [3.63, 3.8) is 0 Å². The zero-order chi connectivity index (χ0) is 14.0. The van der Waals surface area contributed by atoms with Gasteiger partial charge in [-0.15, -0.1) is 0 Å². The van der Waals surface area contributed by atoms with Crippen LogP contribution in [-0.4, -0.2) is 16.9 Å². The second-order valence-corrected chi connectivity index (χ2v) is 4.62. The number of hydrogen-bond donors (Lipinski definition) is 3. The number of amides is 1. The number of nitro groups is 1. The number of nitrogens with zero attached hydrogens (tertiary/aromatic N) is 1. The highest BCUT2D eigenvalue weighted by Crippen LogP contribution is 2.33. The SMILES string of the molecule is CCC1CC1NC(=O)c1ccc(NN)c([N+](=O)[O-])c1. The first-order valence-electron chi connectivity index (χ1n) is 6.12. The summed E-state index contributed by atoms with van der Waals surface area (Å²) >= 11 is 0. The highest BCUT2D eigenvalue weighted by Gasteiger charge is 2.36. The number of rotatable bonds is 5. The molecule has 0 saturated heterocycles. The molecule has 0 heterocycles. The largest absolute Gasteiger partial charge is 0.349 e. The summed E-state index contributed by atoms with van der Waals surface area (Å²) in [6.45, 7) is 2.07. The van der Waals surface area contributed by atoms with Crippen molar-refractivity contribution in [2.24, 2.45) is 11.8 Å². The maximum Gasteiger partial charge on any atom is 0.294 e. The van der Waals surface area contributed by atoms with Gasteiger partial charge in [0.25, 0.3) is 11.6 Å². The lowest BCUT2D eigenvalue weighted by atomic mass is 10.1. The van der Waals surface area contributed by atoms with E-state index in [1.807, 2.05) is 0 Å². The molecule has 102 valence electrons. The van der Waals surface area contributed by atoms with Crippen LogP contribution in [0.1, 0.15) is 30.1 Å². The minimum atomic E-state index is -0.571. The Bertz CT molecular complexity index is 518. The highest BCUT2D eigenvalue weighted by molar-refractivity contribution is 5.96. The van der Waals surface area contributed by atoms with Crippen molar-refractivity contribution >= 4 is 17.3 Å². The number of hydrazine groups is 1. The van der Waals surface area contributed by atoms with Crippen molar-refractivity contribution in [2.75, 3.05) is 5.43 Å². The third kappa shape index (κ3) is 2.82. The summed E-state index contributed by atoms with van der Waals surface area (Å²) < 4.78 is 0. The summed E-state index contributed by atoms with van der Waals surface area (Å²) in [6, 6.07) is 4.37. The Morgan fingerprint density at radius 3 is 2.84 bits per heavy atom. The smallest absolute Gasteiger partial charge is 0.294 e. The summed E-state index contributed by atoms with van der Waals surface area (Å²) in [4.78, 5) is 22.2. The average Bonchev–Trinajstić information content (AvgIpc) is 3.16. The van der Waals surface area contributed by atoms with Gasteiger partial charge in [0.05, 0.1) is 4.92 Å². The van der Waals surface area contributed by atoms with Gasteiger partial charge in [0.15, 0.2) is 0 Å². The molecule has 2 atom stereocenters. The van der Waals surface area contributed by atoms with E-state index in [-0.39, 0.29) is 28.9 Å². The van der Waals surface area contributed by atoms with Crippen LogP contribution in [0.25, 0.3) is 0 Å². The quantitative estimate of drug-likeness (QED) is 0.423. The van der Waals surface area contributed by atoms with Crippen LogP contribution in [-0.2, 0) is 0 Å². The summed E-state index contributed by atoms with van der Waals surface area (Å²) in [6.07, 6.45) is 2.01. The third-order valence-corrected chi connectivity index (χ3v) is 3.38. The fraction of sp³-hybridized carbons (Fsp3) is 0.417. The number of nitrogens with two attached hydrogens (primary N) is 1. The van der Waals surface area contributed by atoms with E-state index in [9.17, 15) is 14.9 Å². The van der Waals surface area contributed by atoms with E-state index in [0.717, 1.165) is 12.8 Å². The molecule has 0 aliphatic heterocycles. The number of anilines is 1. The van der Waals surface area contributed by atoms with Gasteiger partial charge in [0.1, 0.15) is 5.69 Å². The molecule has 0 bridgehead atoms. The molecule has 4 N–H and O–H groups in total.